The molecule has 0 unspecified atom stereocenters. The molecule has 2 N–H and O–H groups in total. The van der Waals surface area contributed by atoms with E-state index in [9.17, 15) is 0 Å². The molecule has 2 heterocycles. The summed E-state index contributed by atoms with van der Waals surface area (Å²) >= 11 is 0. The monoisotopic (exact) mass is 285 g/mol. The van der Waals surface area contributed by atoms with Gasteiger partial charge in [-0.3, -0.25) is 4.68 Å². The molecule has 0 atom stereocenters. The first-order valence-electron chi connectivity index (χ1n) is 7.66. The van der Waals surface area contributed by atoms with Crippen LogP contribution >= 0.6 is 0 Å². The normalized spacial score (nSPS) is 16.2. The molecule has 112 valence electrons. The van der Waals surface area contributed by atoms with Crippen LogP contribution in [0.2, 0.25) is 0 Å². The van der Waals surface area contributed by atoms with Crippen LogP contribution in [0.3, 0.4) is 0 Å². The van der Waals surface area contributed by atoms with Gasteiger partial charge >= 0.3 is 0 Å². The van der Waals surface area contributed by atoms with Crippen molar-refractivity contribution in [1.82, 2.24) is 19.3 Å². The molecular weight excluding hydrogens is 262 g/mol. The highest BCUT2D eigenvalue weighted by Crippen LogP contribution is 2.36. The van der Waals surface area contributed by atoms with Gasteiger partial charge in [-0.2, -0.15) is 5.10 Å². The standard InChI is InChI=1S/C16H23N5/c1-3-9-21-15(17)14(13-10-18-20(2)11-13)19-16(21)12-7-5-4-6-8-12/h3,10-12H,1,4-9,17H2,2H3. The molecule has 2 aromatic heterocycles. The van der Waals surface area contributed by atoms with Gasteiger partial charge in [0.15, 0.2) is 0 Å². The Bertz CT molecular complexity index is 631. The fourth-order valence-corrected chi connectivity index (χ4v) is 3.23. The second-order valence-corrected chi connectivity index (χ2v) is 5.84. The molecule has 1 saturated carbocycles. The van der Waals surface area contributed by atoms with Gasteiger partial charge in [-0.25, -0.2) is 4.98 Å². The molecule has 2 aromatic rings. The number of nitrogen functional groups attached to an aromatic ring is 1. The van der Waals surface area contributed by atoms with Crippen molar-refractivity contribution in [3.63, 3.8) is 0 Å². The van der Waals surface area contributed by atoms with E-state index in [2.05, 4.69) is 16.2 Å². The van der Waals surface area contributed by atoms with Gasteiger partial charge in [-0.05, 0) is 12.8 Å². The number of nitrogens with zero attached hydrogens (tertiary/aromatic N) is 4. The lowest BCUT2D eigenvalue weighted by atomic mass is 9.88. The Morgan fingerprint density at radius 3 is 2.76 bits per heavy atom. The molecule has 5 nitrogen and oxygen atoms in total. The van der Waals surface area contributed by atoms with Gasteiger partial charge in [-0.15, -0.1) is 6.58 Å². The minimum absolute atomic E-state index is 0.520. The molecular formula is C16H23N5. The van der Waals surface area contributed by atoms with E-state index < -0.39 is 0 Å². The molecule has 0 bridgehead atoms. The Morgan fingerprint density at radius 2 is 2.14 bits per heavy atom. The summed E-state index contributed by atoms with van der Waals surface area (Å²) in [6.45, 7) is 4.56. The highest BCUT2D eigenvalue weighted by Gasteiger charge is 2.24. The molecule has 1 fully saturated rings. The first-order valence-corrected chi connectivity index (χ1v) is 7.66. The molecule has 0 amide bonds. The molecule has 0 aliphatic heterocycles. The lowest BCUT2D eigenvalue weighted by molar-refractivity contribution is 0.419. The van der Waals surface area contributed by atoms with Crippen LogP contribution in [-0.4, -0.2) is 19.3 Å². The van der Waals surface area contributed by atoms with E-state index in [4.69, 9.17) is 10.7 Å². The molecule has 3 rings (SSSR count). The van der Waals surface area contributed by atoms with E-state index in [1.54, 1.807) is 4.68 Å². The topological polar surface area (TPSA) is 61.7 Å². The van der Waals surface area contributed by atoms with Gasteiger partial charge in [0.1, 0.15) is 17.3 Å². The Hall–Kier alpha value is -2.04. The van der Waals surface area contributed by atoms with Crippen LogP contribution in [0.5, 0.6) is 0 Å². The van der Waals surface area contributed by atoms with Crippen molar-refractivity contribution in [2.45, 2.75) is 44.6 Å². The van der Waals surface area contributed by atoms with E-state index in [0.29, 0.717) is 12.5 Å². The predicted molar refractivity (Wildman–Crippen MR) is 84.9 cm³/mol. The van der Waals surface area contributed by atoms with E-state index in [1.807, 2.05) is 25.5 Å². The van der Waals surface area contributed by atoms with Crippen molar-refractivity contribution in [3.05, 3.63) is 30.9 Å². The zero-order chi connectivity index (χ0) is 14.8. The SMILES string of the molecule is C=CCn1c(C2CCCCC2)nc(-c2cnn(C)c2)c1N. The second-order valence-electron chi connectivity index (χ2n) is 5.84. The molecule has 21 heavy (non-hydrogen) atoms. The largest absolute Gasteiger partial charge is 0.383 e. The summed E-state index contributed by atoms with van der Waals surface area (Å²) in [4.78, 5) is 4.87. The van der Waals surface area contributed by atoms with Gasteiger partial charge in [-0.1, -0.05) is 25.3 Å². The summed E-state index contributed by atoms with van der Waals surface area (Å²) < 4.78 is 3.90. The van der Waals surface area contributed by atoms with Crippen molar-refractivity contribution in [3.8, 4) is 11.3 Å². The predicted octanol–water partition coefficient (Wildman–Crippen LogP) is 3.10. The fraction of sp³-hybridized carbons (Fsp3) is 0.500. The number of allylic oxidation sites excluding steroid dienone is 1. The van der Waals surface area contributed by atoms with Crippen molar-refractivity contribution in [2.24, 2.45) is 7.05 Å². The fourth-order valence-electron chi connectivity index (χ4n) is 3.23. The van der Waals surface area contributed by atoms with Crippen molar-refractivity contribution >= 4 is 5.82 Å². The van der Waals surface area contributed by atoms with Gasteiger partial charge in [0.25, 0.3) is 0 Å². The van der Waals surface area contributed by atoms with Crippen LogP contribution in [0.15, 0.2) is 25.0 Å². The Kier molecular flexibility index (Phi) is 3.82. The summed E-state index contributed by atoms with van der Waals surface area (Å²) in [6.07, 6.45) is 12.0. The van der Waals surface area contributed by atoms with Crippen LogP contribution in [0, 0.1) is 0 Å². The third-order valence-corrected chi connectivity index (χ3v) is 4.30. The summed E-state index contributed by atoms with van der Waals surface area (Å²) in [5.74, 6) is 2.36. The molecule has 1 aliphatic rings. The van der Waals surface area contributed by atoms with Crippen molar-refractivity contribution in [1.29, 1.82) is 0 Å². The lowest BCUT2D eigenvalue weighted by Crippen LogP contribution is -2.13. The van der Waals surface area contributed by atoms with Gasteiger partial charge < -0.3 is 10.3 Å². The number of anilines is 1. The van der Waals surface area contributed by atoms with Crippen LogP contribution in [-0.2, 0) is 13.6 Å². The molecule has 0 radical (unpaired) electrons. The average molecular weight is 285 g/mol. The third kappa shape index (κ3) is 2.60. The van der Waals surface area contributed by atoms with E-state index in [0.717, 1.165) is 22.9 Å². The summed E-state index contributed by atoms with van der Waals surface area (Å²) in [5, 5.41) is 4.22. The number of imidazole rings is 1. The van der Waals surface area contributed by atoms with Gasteiger partial charge in [0, 0.05) is 31.3 Å². The first-order chi connectivity index (χ1) is 10.2. The van der Waals surface area contributed by atoms with Gasteiger partial charge in [0.05, 0.1) is 6.20 Å². The van der Waals surface area contributed by atoms with Crippen LogP contribution in [0.1, 0.15) is 43.8 Å². The Labute approximate surface area is 125 Å². The maximum absolute atomic E-state index is 6.35. The molecule has 0 aromatic carbocycles. The van der Waals surface area contributed by atoms with Gasteiger partial charge in [0.2, 0.25) is 0 Å². The Balaban J connectivity index is 2.03. The minimum atomic E-state index is 0.520. The van der Waals surface area contributed by atoms with Crippen LogP contribution in [0.25, 0.3) is 11.3 Å². The number of aromatic nitrogens is 4. The molecule has 1 aliphatic carbocycles. The smallest absolute Gasteiger partial charge is 0.132 e. The van der Waals surface area contributed by atoms with E-state index in [1.165, 1.54) is 32.1 Å². The van der Waals surface area contributed by atoms with Crippen LogP contribution in [0.4, 0.5) is 5.82 Å². The highest BCUT2D eigenvalue weighted by molar-refractivity contribution is 5.70. The lowest BCUT2D eigenvalue weighted by Gasteiger charge is -2.22. The summed E-state index contributed by atoms with van der Waals surface area (Å²) in [7, 11) is 1.91. The number of rotatable bonds is 4. The molecule has 5 heteroatoms. The third-order valence-electron chi connectivity index (χ3n) is 4.30. The zero-order valence-corrected chi connectivity index (χ0v) is 12.6. The maximum Gasteiger partial charge on any atom is 0.132 e. The molecule has 0 spiro atoms. The second kappa shape index (κ2) is 5.76. The Morgan fingerprint density at radius 1 is 1.38 bits per heavy atom. The highest BCUT2D eigenvalue weighted by atomic mass is 15.2. The van der Waals surface area contributed by atoms with Crippen molar-refractivity contribution < 1.29 is 0 Å². The van der Waals surface area contributed by atoms with Crippen LogP contribution < -0.4 is 5.73 Å². The first kappa shape index (κ1) is 13.9. The van der Waals surface area contributed by atoms with E-state index >= 15 is 0 Å². The number of hydrogen-bond acceptors (Lipinski definition) is 3. The quantitative estimate of drug-likeness (QED) is 0.878. The summed E-state index contributed by atoms with van der Waals surface area (Å²) in [5.41, 5.74) is 8.19. The number of hydrogen-bond donors (Lipinski definition) is 1. The average Bonchev–Trinajstić information content (AvgIpc) is 3.06. The van der Waals surface area contributed by atoms with E-state index in [-0.39, 0.29) is 0 Å². The molecule has 0 saturated heterocycles. The number of aryl methyl sites for hydroxylation is 1. The maximum atomic E-state index is 6.35. The summed E-state index contributed by atoms with van der Waals surface area (Å²) in [6, 6.07) is 0. The van der Waals surface area contributed by atoms with Crippen molar-refractivity contribution in [2.75, 3.05) is 5.73 Å². The minimum Gasteiger partial charge on any atom is -0.383 e. The zero-order valence-electron chi connectivity index (χ0n) is 12.6. The number of nitrogens with two attached hydrogens (primary N) is 1.